The molecule has 0 saturated heterocycles. The van der Waals surface area contributed by atoms with Crippen molar-refractivity contribution < 1.29 is 0 Å². The monoisotopic (exact) mass is 295 g/mol. The summed E-state index contributed by atoms with van der Waals surface area (Å²) in [5.41, 5.74) is 6.60. The third-order valence-corrected chi connectivity index (χ3v) is 4.29. The second kappa shape index (κ2) is 6.72. The van der Waals surface area contributed by atoms with Crippen molar-refractivity contribution in [1.82, 2.24) is 15.2 Å². The molecule has 2 rings (SSSR count). The lowest BCUT2D eigenvalue weighted by molar-refractivity contribution is 0.687. The zero-order chi connectivity index (χ0) is 13.7. The molecule has 2 aromatic rings. The van der Waals surface area contributed by atoms with Crippen LogP contribution in [0.25, 0.3) is 0 Å². The van der Waals surface area contributed by atoms with Crippen LogP contribution in [0.4, 0.5) is 10.9 Å². The molecule has 0 aliphatic heterocycles. The van der Waals surface area contributed by atoms with E-state index in [2.05, 4.69) is 34.3 Å². The third kappa shape index (κ3) is 4.68. The summed E-state index contributed by atoms with van der Waals surface area (Å²) >= 11 is 3.19. The molecule has 0 aromatic carbocycles. The van der Waals surface area contributed by atoms with Gasteiger partial charge in [-0.05, 0) is 18.1 Å². The molecule has 2 aromatic heterocycles. The van der Waals surface area contributed by atoms with E-state index >= 15 is 0 Å². The van der Waals surface area contributed by atoms with Gasteiger partial charge in [0.25, 0.3) is 0 Å². The number of hydrogen-bond donors (Lipinski definition) is 2. The average molecular weight is 295 g/mol. The van der Waals surface area contributed by atoms with Crippen molar-refractivity contribution in [1.29, 1.82) is 0 Å². The molecule has 0 spiro atoms. The quantitative estimate of drug-likeness (QED) is 0.798. The number of anilines is 2. The van der Waals surface area contributed by atoms with Crippen LogP contribution in [0.15, 0.2) is 22.5 Å². The number of rotatable bonds is 6. The molecule has 0 unspecified atom stereocenters. The zero-order valence-corrected chi connectivity index (χ0v) is 12.6. The molecule has 0 fully saturated rings. The Hall–Kier alpha value is -1.34. The predicted molar refractivity (Wildman–Crippen MR) is 81.4 cm³/mol. The highest BCUT2D eigenvalue weighted by atomic mass is 32.2. The van der Waals surface area contributed by atoms with E-state index in [0.29, 0.717) is 11.7 Å². The van der Waals surface area contributed by atoms with E-state index in [0.717, 1.165) is 27.5 Å². The molecule has 2 heterocycles. The van der Waals surface area contributed by atoms with Crippen LogP contribution in [0.2, 0.25) is 0 Å². The fourth-order valence-corrected chi connectivity index (χ4v) is 3.01. The van der Waals surface area contributed by atoms with Crippen molar-refractivity contribution in [2.24, 2.45) is 5.92 Å². The summed E-state index contributed by atoms with van der Waals surface area (Å²) in [7, 11) is 0. The molecule has 0 amide bonds. The molecule has 19 heavy (non-hydrogen) atoms. The van der Waals surface area contributed by atoms with Gasteiger partial charge in [-0.2, -0.15) is 0 Å². The maximum absolute atomic E-state index is 5.64. The number of hydrogen-bond acceptors (Lipinski definition) is 7. The van der Waals surface area contributed by atoms with E-state index in [1.54, 1.807) is 29.2 Å². The maximum atomic E-state index is 5.64. The van der Waals surface area contributed by atoms with Crippen molar-refractivity contribution in [2.75, 3.05) is 17.6 Å². The number of pyridine rings is 1. The second-order valence-electron chi connectivity index (χ2n) is 4.49. The van der Waals surface area contributed by atoms with Gasteiger partial charge < -0.3 is 11.1 Å². The van der Waals surface area contributed by atoms with Crippen molar-refractivity contribution in [3.05, 3.63) is 23.9 Å². The first-order chi connectivity index (χ1) is 9.13. The van der Waals surface area contributed by atoms with Crippen LogP contribution < -0.4 is 11.1 Å². The first kappa shape index (κ1) is 14.1. The van der Waals surface area contributed by atoms with E-state index in [1.807, 2.05) is 12.1 Å². The van der Waals surface area contributed by atoms with Gasteiger partial charge in [0.1, 0.15) is 5.82 Å². The SMILES string of the molecule is CC(C)CNc1nnc(SCc2cccc(N)n2)s1. The van der Waals surface area contributed by atoms with E-state index in [4.69, 9.17) is 5.73 Å². The van der Waals surface area contributed by atoms with Crippen LogP contribution in [0.5, 0.6) is 0 Å². The van der Waals surface area contributed by atoms with Crippen LogP contribution >= 0.6 is 23.1 Å². The second-order valence-corrected chi connectivity index (χ2v) is 6.69. The highest BCUT2D eigenvalue weighted by molar-refractivity contribution is 8.00. The van der Waals surface area contributed by atoms with Crippen LogP contribution in [-0.2, 0) is 5.75 Å². The Kier molecular flexibility index (Phi) is 4.98. The van der Waals surface area contributed by atoms with Gasteiger partial charge in [0.05, 0.1) is 5.69 Å². The Morgan fingerprint density at radius 1 is 1.37 bits per heavy atom. The molecule has 0 atom stereocenters. The summed E-state index contributed by atoms with van der Waals surface area (Å²) in [6.07, 6.45) is 0. The average Bonchev–Trinajstić information content (AvgIpc) is 2.82. The van der Waals surface area contributed by atoms with Gasteiger partial charge in [-0.1, -0.05) is 43.0 Å². The van der Waals surface area contributed by atoms with Gasteiger partial charge in [-0.15, -0.1) is 10.2 Å². The summed E-state index contributed by atoms with van der Waals surface area (Å²) in [6.45, 7) is 5.24. The lowest BCUT2D eigenvalue weighted by Crippen LogP contribution is -2.07. The van der Waals surface area contributed by atoms with Crippen molar-refractivity contribution in [3.63, 3.8) is 0 Å². The molecule has 0 aliphatic carbocycles. The van der Waals surface area contributed by atoms with Gasteiger partial charge in [-0.3, -0.25) is 0 Å². The molecule has 0 radical (unpaired) electrons. The minimum Gasteiger partial charge on any atom is -0.384 e. The Morgan fingerprint density at radius 2 is 2.21 bits per heavy atom. The lowest BCUT2D eigenvalue weighted by Gasteiger charge is -2.03. The molecule has 0 bridgehead atoms. The van der Waals surface area contributed by atoms with Gasteiger partial charge in [0, 0.05) is 12.3 Å². The minimum absolute atomic E-state index is 0.551. The molecule has 0 saturated carbocycles. The Balaban J connectivity index is 1.86. The summed E-state index contributed by atoms with van der Waals surface area (Å²) < 4.78 is 0.940. The largest absolute Gasteiger partial charge is 0.384 e. The first-order valence-electron chi connectivity index (χ1n) is 6.05. The predicted octanol–water partition coefficient (Wildman–Crippen LogP) is 2.88. The van der Waals surface area contributed by atoms with E-state index < -0.39 is 0 Å². The van der Waals surface area contributed by atoms with Gasteiger partial charge in [-0.25, -0.2) is 4.98 Å². The third-order valence-electron chi connectivity index (χ3n) is 2.24. The molecule has 0 aliphatic rings. The Morgan fingerprint density at radius 3 is 2.95 bits per heavy atom. The summed E-state index contributed by atoms with van der Waals surface area (Å²) in [5.74, 6) is 1.90. The van der Waals surface area contributed by atoms with E-state index in [-0.39, 0.29) is 0 Å². The van der Waals surface area contributed by atoms with E-state index in [1.165, 1.54) is 0 Å². The smallest absolute Gasteiger partial charge is 0.206 e. The molecule has 102 valence electrons. The summed E-state index contributed by atoms with van der Waals surface area (Å²) in [6, 6.07) is 5.66. The van der Waals surface area contributed by atoms with Crippen molar-refractivity contribution in [2.45, 2.75) is 23.9 Å². The Bertz CT molecular complexity index is 526. The normalized spacial score (nSPS) is 10.9. The fourth-order valence-electron chi connectivity index (χ4n) is 1.35. The highest BCUT2D eigenvalue weighted by Gasteiger charge is 2.06. The van der Waals surface area contributed by atoms with Crippen molar-refractivity contribution >= 4 is 34.0 Å². The summed E-state index contributed by atoms with van der Waals surface area (Å²) in [5, 5.41) is 12.4. The molecular weight excluding hydrogens is 278 g/mol. The highest BCUT2D eigenvalue weighted by Crippen LogP contribution is 2.27. The standard InChI is InChI=1S/C12H17N5S2/c1-8(2)6-14-11-16-17-12(19-11)18-7-9-4-3-5-10(13)15-9/h3-5,8H,6-7H2,1-2H3,(H2,13,15)(H,14,16). The topological polar surface area (TPSA) is 76.7 Å². The molecule has 5 nitrogen and oxygen atoms in total. The number of aromatic nitrogens is 3. The number of nitrogens with two attached hydrogens (primary N) is 1. The number of nitrogens with one attached hydrogen (secondary N) is 1. The first-order valence-corrected chi connectivity index (χ1v) is 7.85. The fraction of sp³-hybridized carbons (Fsp3) is 0.417. The van der Waals surface area contributed by atoms with Gasteiger partial charge in [0.2, 0.25) is 5.13 Å². The Labute approximate surface area is 121 Å². The van der Waals surface area contributed by atoms with Crippen LogP contribution in [0.1, 0.15) is 19.5 Å². The van der Waals surface area contributed by atoms with Gasteiger partial charge in [0.15, 0.2) is 4.34 Å². The van der Waals surface area contributed by atoms with E-state index in [9.17, 15) is 0 Å². The zero-order valence-electron chi connectivity index (χ0n) is 11.0. The molecule has 7 heteroatoms. The summed E-state index contributed by atoms with van der Waals surface area (Å²) in [4.78, 5) is 4.25. The lowest BCUT2D eigenvalue weighted by atomic mass is 10.2. The van der Waals surface area contributed by atoms with Crippen LogP contribution in [-0.4, -0.2) is 21.7 Å². The number of nitrogens with zero attached hydrogens (tertiary/aromatic N) is 3. The number of thioether (sulfide) groups is 1. The number of nitrogen functional groups attached to an aromatic ring is 1. The minimum atomic E-state index is 0.551. The maximum Gasteiger partial charge on any atom is 0.206 e. The van der Waals surface area contributed by atoms with Crippen LogP contribution in [0, 0.1) is 5.92 Å². The van der Waals surface area contributed by atoms with Crippen LogP contribution in [0.3, 0.4) is 0 Å². The van der Waals surface area contributed by atoms with Gasteiger partial charge >= 0.3 is 0 Å². The molecule has 3 N–H and O–H groups in total. The van der Waals surface area contributed by atoms with Crippen molar-refractivity contribution in [3.8, 4) is 0 Å². The molecular formula is C12H17N5S2.